The molecule has 4 heterocycles. The Balaban J connectivity index is 1.06. The second kappa shape index (κ2) is 15.5. The quantitative estimate of drug-likeness (QED) is 0.130. The first-order valence-corrected chi connectivity index (χ1v) is 17.6. The van der Waals surface area contributed by atoms with Crippen LogP contribution in [0.4, 0.5) is 23.0 Å². The van der Waals surface area contributed by atoms with Gasteiger partial charge in [-0.1, -0.05) is 30.3 Å². The van der Waals surface area contributed by atoms with Crippen molar-refractivity contribution in [2.24, 2.45) is 0 Å². The van der Waals surface area contributed by atoms with E-state index in [1.54, 1.807) is 31.8 Å². The molecule has 0 unspecified atom stereocenters. The highest BCUT2D eigenvalue weighted by molar-refractivity contribution is 7.15. The highest BCUT2D eigenvalue weighted by Gasteiger charge is 2.20. The van der Waals surface area contributed by atoms with E-state index < -0.39 is 0 Å². The number of nitrogens with zero attached hydrogens (tertiary/aromatic N) is 6. The van der Waals surface area contributed by atoms with Gasteiger partial charge in [-0.15, -0.1) is 11.3 Å². The molecule has 0 saturated carbocycles. The van der Waals surface area contributed by atoms with Crippen molar-refractivity contribution in [1.82, 2.24) is 24.3 Å². The molecule has 1 saturated heterocycles. The summed E-state index contributed by atoms with van der Waals surface area (Å²) in [6.45, 7) is 6.02. The molecule has 11 nitrogen and oxygen atoms in total. The zero-order chi connectivity index (χ0) is 34.3. The fraction of sp³-hybridized carbons (Fsp3) is 0.263. The van der Waals surface area contributed by atoms with Gasteiger partial charge in [0.25, 0.3) is 0 Å². The molecule has 3 aromatic heterocycles. The number of ether oxygens (including phenoxy) is 2. The van der Waals surface area contributed by atoms with Crippen LogP contribution in [0.2, 0.25) is 0 Å². The summed E-state index contributed by atoms with van der Waals surface area (Å²) in [5.41, 5.74) is 6.85. The van der Waals surface area contributed by atoms with Crippen molar-refractivity contribution in [1.29, 1.82) is 0 Å². The molecule has 0 spiro atoms. The van der Waals surface area contributed by atoms with Gasteiger partial charge in [0.1, 0.15) is 11.4 Å². The summed E-state index contributed by atoms with van der Waals surface area (Å²) >= 11 is 1.55. The molecule has 0 bridgehead atoms. The smallest absolute Gasteiger partial charge is 0.228 e. The van der Waals surface area contributed by atoms with E-state index >= 15 is 0 Å². The average Bonchev–Trinajstić information content (AvgIpc) is 3.75. The van der Waals surface area contributed by atoms with Crippen LogP contribution < -0.4 is 20.3 Å². The van der Waals surface area contributed by atoms with Gasteiger partial charge in [-0.05, 0) is 55.0 Å². The highest BCUT2D eigenvalue weighted by atomic mass is 32.1. The number of para-hydroxylation sites is 1. The summed E-state index contributed by atoms with van der Waals surface area (Å²) in [7, 11) is 3.37. The zero-order valence-electron chi connectivity index (χ0n) is 28.2. The molecule has 0 aliphatic carbocycles. The monoisotopic (exact) mass is 688 g/mol. The lowest BCUT2D eigenvalue weighted by atomic mass is 10.1. The van der Waals surface area contributed by atoms with Crippen LogP contribution in [0, 0.1) is 0 Å². The largest absolute Gasteiger partial charge is 0.496 e. The van der Waals surface area contributed by atoms with E-state index in [0.717, 1.165) is 84.6 Å². The first-order chi connectivity index (χ1) is 24.6. The van der Waals surface area contributed by atoms with Gasteiger partial charge in [-0.25, -0.2) is 15.0 Å². The first kappa shape index (κ1) is 33.2. The SMILES string of the molecule is COCCCN1CCN(c2ccc(Nc3nccc(-c4c(-c5cccc(NC(=O)Cc6ccccc6OC)c5)nc5sccn45)n3)cc2)CC1. The number of hydrogen-bond acceptors (Lipinski definition) is 10. The summed E-state index contributed by atoms with van der Waals surface area (Å²) < 4.78 is 12.7. The van der Waals surface area contributed by atoms with Crippen molar-refractivity contribution in [2.75, 3.05) is 69.1 Å². The van der Waals surface area contributed by atoms with E-state index in [9.17, 15) is 4.79 Å². The first-order valence-electron chi connectivity index (χ1n) is 16.7. The predicted molar refractivity (Wildman–Crippen MR) is 200 cm³/mol. The number of anilines is 4. The van der Waals surface area contributed by atoms with Crippen LogP contribution in [-0.2, 0) is 16.0 Å². The van der Waals surface area contributed by atoms with E-state index in [-0.39, 0.29) is 12.3 Å². The number of methoxy groups -OCH3 is 2. The number of fused-ring (bicyclic) bond motifs is 1. The third-order valence-corrected chi connectivity index (χ3v) is 9.56. The Labute approximate surface area is 295 Å². The maximum atomic E-state index is 13.0. The predicted octanol–water partition coefficient (Wildman–Crippen LogP) is 6.61. The minimum absolute atomic E-state index is 0.131. The Morgan fingerprint density at radius 3 is 2.58 bits per heavy atom. The van der Waals surface area contributed by atoms with Crippen LogP contribution in [0.3, 0.4) is 0 Å². The summed E-state index contributed by atoms with van der Waals surface area (Å²) in [4.78, 5) is 33.2. The Bertz CT molecular complexity index is 2050. The lowest BCUT2D eigenvalue weighted by molar-refractivity contribution is -0.115. The number of piperazine rings is 1. The van der Waals surface area contributed by atoms with Crippen molar-refractivity contribution < 1.29 is 14.3 Å². The minimum atomic E-state index is -0.131. The van der Waals surface area contributed by atoms with Crippen LogP contribution in [0.15, 0.2) is 96.6 Å². The number of carbonyl (C=O) groups is 1. The van der Waals surface area contributed by atoms with Crippen LogP contribution >= 0.6 is 11.3 Å². The van der Waals surface area contributed by atoms with E-state index in [4.69, 9.17) is 19.4 Å². The Hall–Kier alpha value is -5.30. The van der Waals surface area contributed by atoms with Crippen LogP contribution in [0.25, 0.3) is 27.6 Å². The van der Waals surface area contributed by atoms with E-state index in [1.807, 2.05) is 70.6 Å². The molecule has 0 atom stereocenters. The molecule has 7 rings (SSSR count). The van der Waals surface area contributed by atoms with Gasteiger partial charge in [0.05, 0.1) is 24.9 Å². The number of carbonyl (C=O) groups excluding carboxylic acids is 1. The van der Waals surface area contributed by atoms with Crippen LogP contribution in [-0.4, -0.2) is 83.7 Å². The third kappa shape index (κ3) is 7.62. The van der Waals surface area contributed by atoms with Gasteiger partial charge in [0.2, 0.25) is 11.9 Å². The van der Waals surface area contributed by atoms with Gasteiger partial charge in [0.15, 0.2) is 4.96 Å². The molecule has 1 aliphatic heterocycles. The minimum Gasteiger partial charge on any atom is -0.496 e. The van der Waals surface area contributed by atoms with Crippen molar-refractivity contribution in [3.63, 3.8) is 0 Å². The molecule has 6 aromatic rings. The van der Waals surface area contributed by atoms with E-state index in [2.05, 4.69) is 49.7 Å². The molecular formula is C38H40N8O3S. The van der Waals surface area contributed by atoms with Gasteiger partial charge < -0.3 is 25.0 Å². The molecule has 1 aliphatic rings. The Kier molecular flexibility index (Phi) is 10.3. The number of imidazole rings is 1. The number of rotatable bonds is 13. The number of benzene rings is 3. The molecule has 2 N–H and O–H groups in total. The number of hydrogen-bond donors (Lipinski definition) is 2. The van der Waals surface area contributed by atoms with Crippen molar-refractivity contribution >= 4 is 45.2 Å². The van der Waals surface area contributed by atoms with E-state index in [0.29, 0.717) is 17.4 Å². The Morgan fingerprint density at radius 1 is 0.920 bits per heavy atom. The number of nitrogens with one attached hydrogen (secondary N) is 2. The fourth-order valence-corrected chi connectivity index (χ4v) is 7.01. The number of amides is 1. The molecule has 1 amide bonds. The highest BCUT2D eigenvalue weighted by Crippen LogP contribution is 2.35. The average molecular weight is 689 g/mol. The van der Waals surface area contributed by atoms with Crippen molar-refractivity contribution in [2.45, 2.75) is 12.8 Å². The number of thiazole rings is 1. The zero-order valence-corrected chi connectivity index (χ0v) is 29.0. The third-order valence-electron chi connectivity index (χ3n) is 8.81. The molecule has 256 valence electrons. The van der Waals surface area contributed by atoms with Gasteiger partial charge in [-0.2, -0.15) is 0 Å². The normalized spacial score (nSPS) is 13.4. The topological polar surface area (TPSA) is 109 Å². The van der Waals surface area contributed by atoms with Gasteiger partial charge in [-0.3, -0.25) is 14.1 Å². The van der Waals surface area contributed by atoms with Gasteiger partial charge >= 0.3 is 0 Å². The van der Waals surface area contributed by atoms with Crippen molar-refractivity contribution in [3.8, 4) is 28.4 Å². The lowest BCUT2D eigenvalue weighted by Crippen LogP contribution is -2.46. The van der Waals surface area contributed by atoms with Crippen LogP contribution in [0.1, 0.15) is 12.0 Å². The standard InChI is InChI=1S/C38H40N8O3S/c1-48-23-6-17-44-18-20-45(21-19-44)31-13-11-29(12-14-31)41-37-39-16-15-32(42-37)36-35(43-38-46(36)22-24-50-38)28-8-5-9-30(25-28)40-34(47)26-27-7-3-4-10-33(27)49-2/h3-5,7-16,22,24-25H,6,17-21,23,26H2,1-2H3,(H,40,47)(H,39,41,42). The van der Waals surface area contributed by atoms with E-state index in [1.165, 1.54) is 5.69 Å². The van der Waals surface area contributed by atoms with Crippen LogP contribution in [0.5, 0.6) is 5.75 Å². The molecule has 1 fully saturated rings. The van der Waals surface area contributed by atoms with Gasteiger partial charge in [0, 0.05) is 92.4 Å². The molecular weight excluding hydrogens is 649 g/mol. The Morgan fingerprint density at radius 2 is 1.76 bits per heavy atom. The maximum Gasteiger partial charge on any atom is 0.228 e. The second-order valence-electron chi connectivity index (χ2n) is 12.1. The summed E-state index contributed by atoms with van der Waals surface area (Å²) in [5.74, 6) is 1.05. The lowest BCUT2D eigenvalue weighted by Gasteiger charge is -2.36. The molecule has 50 heavy (non-hydrogen) atoms. The van der Waals surface area contributed by atoms with Crippen molar-refractivity contribution in [3.05, 3.63) is 102 Å². The number of aromatic nitrogens is 4. The summed E-state index contributed by atoms with van der Waals surface area (Å²) in [6, 6.07) is 25.6. The maximum absolute atomic E-state index is 13.0. The molecule has 0 radical (unpaired) electrons. The molecule has 12 heteroatoms. The summed E-state index contributed by atoms with van der Waals surface area (Å²) in [6.07, 6.45) is 5.03. The molecule has 3 aromatic carbocycles. The fourth-order valence-electron chi connectivity index (χ4n) is 6.30. The summed E-state index contributed by atoms with van der Waals surface area (Å²) in [5, 5.41) is 8.43. The second-order valence-corrected chi connectivity index (χ2v) is 13.0.